The van der Waals surface area contributed by atoms with Crippen LogP contribution in [0.1, 0.15) is 12.8 Å². The van der Waals surface area contributed by atoms with Crippen LogP contribution in [0.4, 0.5) is 4.79 Å². The molecule has 0 aromatic carbocycles. The zero-order valence-corrected chi connectivity index (χ0v) is 12.7. The fourth-order valence-electron chi connectivity index (χ4n) is 3.52. The molecule has 0 radical (unpaired) electrons. The Morgan fingerprint density at radius 2 is 2.29 bits per heavy atom. The standard InChI is InChI=1S/C16H19N3OS/c20-16(17-14-8-12-3-5-18(9-12)11-14)19-6-4-13(10-19)15-2-1-7-21-15/h1-2,4,6-7,10,12,14H,3,5,8-9,11H2,(H,17,20)/t12-,14-/m1/s1. The van der Waals surface area contributed by atoms with E-state index in [-0.39, 0.29) is 6.03 Å². The van der Waals surface area contributed by atoms with Crippen molar-refractivity contribution in [2.75, 3.05) is 19.6 Å². The number of amides is 1. The molecule has 2 aliphatic heterocycles. The molecule has 2 aromatic rings. The maximum absolute atomic E-state index is 12.4. The van der Waals surface area contributed by atoms with E-state index in [1.54, 1.807) is 15.9 Å². The molecular weight excluding hydrogens is 282 g/mol. The van der Waals surface area contributed by atoms with Gasteiger partial charge in [0.2, 0.25) is 0 Å². The van der Waals surface area contributed by atoms with Crippen molar-refractivity contribution >= 4 is 17.4 Å². The third-order valence-electron chi connectivity index (χ3n) is 4.53. The van der Waals surface area contributed by atoms with Crippen LogP contribution in [0, 0.1) is 5.92 Å². The molecule has 2 saturated heterocycles. The Morgan fingerprint density at radius 1 is 1.33 bits per heavy atom. The minimum Gasteiger partial charge on any atom is -0.333 e. The number of piperidine rings is 1. The molecule has 2 aromatic heterocycles. The van der Waals surface area contributed by atoms with Crippen LogP contribution in [0.25, 0.3) is 10.4 Å². The lowest BCUT2D eigenvalue weighted by Crippen LogP contribution is -2.47. The van der Waals surface area contributed by atoms with Gasteiger partial charge in [-0.05, 0) is 42.8 Å². The summed E-state index contributed by atoms with van der Waals surface area (Å²) < 4.78 is 1.67. The summed E-state index contributed by atoms with van der Waals surface area (Å²) in [5.74, 6) is 0.774. The van der Waals surface area contributed by atoms with Gasteiger partial charge >= 0.3 is 6.03 Å². The third-order valence-corrected chi connectivity index (χ3v) is 5.45. The van der Waals surface area contributed by atoms with E-state index in [9.17, 15) is 4.79 Å². The van der Waals surface area contributed by atoms with Crippen LogP contribution in [0.2, 0.25) is 0 Å². The van der Waals surface area contributed by atoms with Gasteiger partial charge in [-0.1, -0.05) is 6.07 Å². The number of nitrogens with one attached hydrogen (secondary N) is 1. The van der Waals surface area contributed by atoms with Gasteiger partial charge in [-0.2, -0.15) is 0 Å². The molecule has 2 aliphatic rings. The first-order valence-electron chi connectivity index (χ1n) is 7.53. The van der Waals surface area contributed by atoms with Crippen LogP contribution in [-0.2, 0) is 0 Å². The summed E-state index contributed by atoms with van der Waals surface area (Å²) in [5.41, 5.74) is 1.10. The van der Waals surface area contributed by atoms with Gasteiger partial charge in [0.25, 0.3) is 0 Å². The van der Waals surface area contributed by atoms with E-state index in [0.29, 0.717) is 6.04 Å². The van der Waals surface area contributed by atoms with Crippen LogP contribution in [0.15, 0.2) is 36.0 Å². The average molecular weight is 301 g/mol. The van der Waals surface area contributed by atoms with Crippen molar-refractivity contribution in [3.63, 3.8) is 0 Å². The normalized spacial score (nSPS) is 27.7. The first kappa shape index (κ1) is 13.1. The van der Waals surface area contributed by atoms with Crippen LogP contribution in [0.5, 0.6) is 0 Å². The van der Waals surface area contributed by atoms with Crippen molar-refractivity contribution < 1.29 is 4.79 Å². The summed E-state index contributed by atoms with van der Waals surface area (Å²) in [7, 11) is 0. The summed E-state index contributed by atoms with van der Waals surface area (Å²) >= 11 is 1.69. The first-order chi connectivity index (χ1) is 10.3. The fourth-order valence-corrected chi connectivity index (χ4v) is 4.24. The maximum atomic E-state index is 12.4. The van der Waals surface area contributed by atoms with Crippen molar-refractivity contribution in [1.29, 1.82) is 0 Å². The summed E-state index contributed by atoms with van der Waals surface area (Å²) in [6, 6.07) is 6.40. The molecule has 110 valence electrons. The zero-order valence-electron chi connectivity index (χ0n) is 11.9. The molecule has 0 aliphatic carbocycles. The molecule has 0 spiro atoms. The Kier molecular flexibility index (Phi) is 3.31. The van der Waals surface area contributed by atoms with Gasteiger partial charge in [-0.15, -0.1) is 11.3 Å². The smallest absolute Gasteiger partial charge is 0.325 e. The van der Waals surface area contributed by atoms with Gasteiger partial charge in [0.1, 0.15) is 0 Å². The van der Waals surface area contributed by atoms with Gasteiger partial charge in [0.05, 0.1) is 0 Å². The van der Waals surface area contributed by atoms with Gasteiger partial charge in [0, 0.05) is 42.0 Å². The second-order valence-electron chi connectivity index (χ2n) is 6.08. The second-order valence-corrected chi connectivity index (χ2v) is 7.03. The molecule has 4 nitrogen and oxygen atoms in total. The SMILES string of the molecule is O=C(N[C@@H]1C[C@H]2CCN(C2)C1)n1ccc(-c2cccs2)c1. The highest BCUT2D eigenvalue weighted by molar-refractivity contribution is 7.13. The Balaban J connectivity index is 1.43. The number of thiophene rings is 1. The topological polar surface area (TPSA) is 37.3 Å². The predicted octanol–water partition coefficient (Wildman–Crippen LogP) is 2.87. The Labute approximate surface area is 128 Å². The minimum absolute atomic E-state index is 0.00898. The highest BCUT2D eigenvalue weighted by atomic mass is 32.1. The summed E-state index contributed by atoms with van der Waals surface area (Å²) in [4.78, 5) is 16.0. The first-order valence-corrected chi connectivity index (χ1v) is 8.41. The lowest BCUT2D eigenvalue weighted by molar-refractivity contribution is 0.206. The van der Waals surface area contributed by atoms with Crippen molar-refractivity contribution in [2.24, 2.45) is 5.92 Å². The van der Waals surface area contributed by atoms with E-state index < -0.39 is 0 Å². The molecule has 2 fully saturated rings. The molecule has 1 unspecified atom stereocenters. The zero-order chi connectivity index (χ0) is 14.2. The van der Waals surface area contributed by atoms with E-state index in [2.05, 4.69) is 21.7 Å². The van der Waals surface area contributed by atoms with Crippen molar-refractivity contribution in [1.82, 2.24) is 14.8 Å². The Morgan fingerprint density at radius 3 is 3.10 bits per heavy atom. The molecule has 0 saturated carbocycles. The van der Waals surface area contributed by atoms with Gasteiger partial charge in [0.15, 0.2) is 0 Å². The van der Waals surface area contributed by atoms with Gasteiger partial charge in [-0.25, -0.2) is 4.79 Å². The number of aromatic nitrogens is 1. The molecule has 5 heteroatoms. The van der Waals surface area contributed by atoms with Gasteiger partial charge < -0.3 is 10.2 Å². The number of hydrogen-bond donors (Lipinski definition) is 1. The van der Waals surface area contributed by atoms with Crippen molar-refractivity contribution in [3.8, 4) is 10.4 Å². The van der Waals surface area contributed by atoms with E-state index in [0.717, 1.165) is 24.4 Å². The van der Waals surface area contributed by atoms with E-state index in [1.807, 2.05) is 24.5 Å². The quantitative estimate of drug-likeness (QED) is 0.926. The Hall–Kier alpha value is -1.59. The van der Waals surface area contributed by atoms with E-state index in [4.69, 9.17) is 0 Å². The van der Waals surface area contributed by atoms with Crippen LogP contribution >= 0.6 is 11.3 Å². The Bertz CT molecular complexity index is 622. The molecular formula is C16H19N3OS. The lowest BCUT2D eigenvalue weighted by atomic mass is 9.97. The molecule has 1 N–H and O–H groups in total. The van der Waals surface area contributed by atoms with Crippen LogP contribution < -0.4 is 5.32 Å². The number of carbonyl (C=O) groups excluding carboxylic acids is 1. The average Bonchev–Trinajstić information content (AvgIpc) is 3.18. The molecule has 21 heavy (non-hydrogen) atoms. The molecule has 1 amide bonds. The third kappa shape index (κ3) is 2.63. The van der Waals surface area contributed by atoms with E-state index in [1.165, 1.54) is 24.4 Å². The molecule has 4 heterocycles. The second kappa shape index (κ2) is 5.31. The highest BCUT2D eigenvalue weighted by Crippen LogP contribution is 2.27. The fraction of sp³-hybridized carbons (Fsp3) is 0.438. The number of carbonyl (C=O) groups is 1. The molecule has 3 atom stereocenters. The monoisotopic (exact) mass is 301 g/mol. The number of rotatable bonds is 2. The van der Waals surface area contributed by atoms with Crippen molar-refractivity contribution in [2.45, 2.75) is 18.9 Å². The summed E-state index contributed by atoms with van der Waals surface area (Å²) in [6.45, 7) is 3.42. The predicted molar refractivity (Wildman–Crippen MR) is 84.6 cm³/mol. The van der Waals surface area contributed by atoms with E-state index >= 15 is 0 Å². The highest BCUT2D eigenvalue weighted by Gasteiger charge is 2.32. The number of fused-ring (bicyclic) bond motifs is 2. The maximum Gasteiger partial charge on any atom is 0.325 e. The van der Waals surface area contributed by atoms with Gasteiger partial charge in [-0.3, -0.25) is 4.57 Å². The summed E-state index contributed by atoms with van der Waals surface area (Å²) in [5, 5.41) is 5.23. The largest absolute Gasteiger partial charge is 0.333 e. The number of hydrogen-bond acceptors (Lipinski definition) is 3. The van der Waals surface area contributed by atoms with Crippen molar-refractivity contribution in [3.05, 3.63) is 36.0 Å². The summed E-state index contributed by atoms with van der Waals surface area (Å²) in [6.07, 6.45) is 6.18. The minimum atomic E-state index is -0.00898. The number of nitrogens with zero attached hydrogens (tertiary/aromatic N) is 2. The lowest BCUT2D eigenvalue weighted by Gasteiger charge is -2.30. The molecule has 2 bridgehead atoms. The molecule has 4 rings (SSSR count). The van der Waals surface area contributed by atoms with Crippen LogP contribution in [-0.4, -0.2) is 41.2 Å². The van der Waals surface area contributed by atoms with Crippen LogP contribution in [0.3, 0.4) is 0 Å².